The van der Waals surface area contributed by atoms with Crippen LogP contribution >= 0.6 is 23.4 Å². The highest BCUT2D eigenvalue weighted by Gasteiger charge is 2.17. The summed E-state index contributed by atoms with van der Waals surface area (Å²) in [5.74, 6) is 0.773. The van der Waals surface area contributed by atoms with E-state index >= 15 is 0 Å². The largest absolute Gasteiger partial charge is 0.322 e. The number of aromatic nitrogens is 2. The highest BCUT2D eigenvalue weighted by Crippen LogP contribution is 2.23. The summed E-state index contributed by atoms with van der Waals surface area (Å²) in [6.07, 6.45) is 0. The summed E-state index contributed by atoms with van der Waals surface area (Å²) < 4.78 is 1.77. The minimum Gasteiger partial charge on any atom is -0.322 e. The maximum absolute atomic E-state index is 12.3. The number of carbonyl (C=O) groups is 1. The number of aryl methyl sites for hydroxylation is 2. The van der Waals surface area contributed by atoms with E-state index in [0.29, 0.717) is 0 Å². The number of benzene rings is 1. The molecule has 2 rings (SSSR count). The van der Waals surface area contributed by atoms with Crippen LogP contribution in [0.5, 0.6) is 0 Å². The molecular weight excluding hydrogens is 318 g/mol. The quantitative estimate of drug-likeness (QED) is 0.898. The van der Waals surface area contributed by atoms with Crippen LogP contribution in [0.1, 0.15) is 23.9 Å². The third-order valence-corrected chi connectivity index (χ3v) is 5.01. The van der Waals surface area contributed by atoms with Gasteiger partial charge in [0.05, 0.1) is 22.3 Å². The Labute approximate surface area is 140 Å². The van der Waals surface area contributed by atoms with Crippen LogP contribution in [-0.4, -0.2) is 20.9 Å². The number of hydrogen-bond donors (Lipinski definition) is 1. The fourth-order valence-corrected chi connectivity index (χ4v) is 3.03. The summed E-state index contributed by atoms with van der Waals surface area (Å²) in [5.41, 5.74) is 3.76. The fraction of sp³-hybridized carbons (Fsp3) is 0.375. The van der Waals surface area contributed by atoms with Crippen LogP contribution in [0.4, 0.5) is 5.69 Å². The second kappa shape index (κ2) is 7.20. The van der Waals surface area contributed by atoms with Gasteiger partial charge in [0.1, 0.15) is 0 Å². The van der Waals surface area contributed by atoms with Crippen molar-refractivity contribution in [2.75, 3.05) is 5.32 Å². The van der Waals surface area contributed by atoms with Crippen molar-refractivity contribution in [3.8, 4) is 0 Å². The summed E-state index contributed by atoms with van der Waals surface area (Å²) in [4.78, 5) is 12.3. The Kier molecular flexibility index (Phi) is 5.53. The van der Waals surface area contributed by atoms with Crippen molar-refractivity contribution in [2.24, 2.45) is 7.05 Å². The molecular formula is C16H20ClN3OS. The lowest BCUT2D eigenvalue weighted by molar-refractivity contribution is -0.115. The maximum atomic E-state index is 12.3. The molecule has 1 heterocycles. The molecule has 1 atom stereocenters. The van der Waals surface area contributed by atoms with Crippen LogP contribution in [0.25, 0.3) is 0 Å². The predicted octanol–water partition coefficient (Wildman–Crippen LogP) is 3.95. The third-order valence-electron chi connectivity index (χ3n) is 3.54. The third kappa shape index (κ3) is 4.05. The molecule has 0 aliphatic carbocycles. The van der Waals surface area contributed by atoms with Crippen molar-refractivity contribution in [3.05, 3.63) is 46.2 Å². The monoisotopic (exact) mass is 337 g/mol. The van der Waals surface area contributed by atoms with Gasteiger partial charge in [-0.3, -0.25) is 9.48 Å². The van der Waals surface area contributed by atoms with Crippen LogP contribution in [0.15, 0.2) is 24.3 Å². The minimum absolute atomic E-state index is 0.00170. The first-order valence-electron chi connectivity index (χ1n) is 7.05. The molecule has 118 valence electrons. The number of amides is 1. The van der Waals surface area contributed by atoms with Crippen molar-refractivity contribution < 1.29 is 4.79 Å². The van der Waals surface area contributed by atoms with Gasteiger partial charge in [-0.1, -0.05) is 23.7 Å². The predicted molar refractivity (Wildman–Crippen MR) is 93.5 cm³/mol. The molecule has 1 amide bonds. The molecule has 22 heavy (non-hydrogen) atoms. The van der Waals surface area contributed by atoms with E-state index in [4.69, 9.17) is 11.6 Å². The van der Waals surface area contributed by atoms with E-state index in [2.05, 4.69) is 10.4 Å². The molecule has 1 aromatic heterocycles. The standard InChI is InChI=1S/C16H20ClN3OS/c1-10-15(11(2)20(4)19-10)18-16(21)12(3)22-9-13-5-7-14(17)8-6-13/h5-8,12H,9H2,1-4H3,(H,18,21)/t12-/m1/s1. The Bertz CT molecular complexity index is 667. The molecule has 0 radical (unpaired) electrons. The number of nitrogens with zero attached hydrogens (tertiary/aromatic N) is 2. The summed E-state index contributed by atoms with van der Waals surface area (Å²) >= 11 is 7.47. The summed E-state index contributed by atoms with van der Waals surface area (Å²) in [6.45, 7) is 5.76. The SMILES string of the molecule is Cc1nn(C)c(C)c1NC(=O)[C@@H](C)SCc1ccc(Cl)cc1. The summed E-state index contributed by atoms with van der Waals surface area (Å²) in [5, 5.41) is 7.87. The van der Waals surface area contributed by atoms with Crippen LogP contribution in [0.2, 0.25) is 5.02 Å². The number of thioether (sulfide) groups is 1. The van der Waals surface area contributed by atoms with Gasteiger partial charge in [0.2, 0.25) is 5.91 Å². The van der Waals surface area contributed by atoms with Crippen molar-refractivity contribution >= 4 is 35.0 Å². The average Bonchev–Trinajstić information content (AvgIpc) is 2.72. The molecule has 0 bridgehead atoms. The van der Waals surface area contributed by atoms with Gasteiger partial charge in [0.15, 0.2) is 0 Å². The normalized spacial score (nSPS) is 12.2. The molecule has 0 fully saturated rings. The molecule has 1 aromatic carbocycles. The van der Waals surface area contributed by atoms with Crippen LogP contribution in [0.3, 0.4) is 0 Å². The van der Waals surface area contributed by atoms with E-state index in [9.17, 15) is 4.79 Å². The molecule has 0 spiro atoms. The number of rotatable bonds is 5. The van der Waals surface area contributed by atoms with Gasteiger partial charge in [-0.05, 0) is 38.5 Å². The zero-order valence-electron chi connectivity index (χ0n) is 13.2. The second-order valence-electron chi connectivity index (χ2n) is 5.24. The zero-order chi connectivity index (χ0) is 16.3. The first kappa shape index (κ1) is 16.9. The van der Waals surface area contributed by atoms with Gasteiger partial charge in [-0.2, -0.15) is 5.10 Å². The van der Waals surface area contributed by atoms with Crippen molar-refractivity contribution in [3.63, 3.8) is 0 Å². The van der Waals surface area contributed by atoms with Crippen LogP contribution < -0.4 is 5.32 Å². The average molecular weight is 338 g/mol. The Morgan fingerprint density at radius 2 is 2.00 bits per heavy atom. The lowest BCUT2D eigenvalue weighted by Gasteiger charge is -2.12. The van der Waals surface area contributed by atoms with Crippen molar-refractivity contribution in [1.82, 2.24) is 9.78 Å². The maximum Gasteiger partial charge on any atom is 0.237 e. The van der Waals surface area contributed by atoms with Crippen molar-refractivity contribution in [2.45, 2.75) is 31.8 Å². The van der Waals surface area contributed by atoms with E-state index in [1.165, 1.54) is 0 Å². The van der Waals surface area contributed by atoms with Gasteiger partial charge in [-0.25, -0.2) is 0 Å². The number of anilines is 1. The van der Waals surface area contributed by atoms with Gasteiger partial charge in [-0.15, -0.1) is 11.8 Å². The van der Waals surface area contributed by atoms with E-state index in [0.717, 1.165) is 33.4 Å². The number of hydrogen-bond acceptors (Lipinski definition) is 3. The molecule has 1 N–H and O–H groups in total. The number of nitrogens with one attached hydrogen (secondary N) is 1. The molecule has 0 saturated heterocycles. The van der Waals surface area contributed by atoms with E-state index in [1.54, 1.807) is 16.4 Å². The Morgan fingerprint density at radius 1 is 1.36 bits per heavy atom. The fourth-order valence-electron chi connectivity index (χ4n) is 2.06. The molecule has 4 nitrogen and oxygen atoms in total. The minimum atomic E-state index is -0.144. The van der Waals surface area contributed by atoms with Crippen molar-refractivity contribution in [1.29, 1.82) is 0 Å². The van der Waals surface area contributed by atoms with Gasteiger partial charge in [0, 0.05) is 17.8 Å². The first-order chi connectivity index (χ1) is 10.4. The number of halogens is 1. The molecule has 6 heteroatoms. The van der Waals surface area contributed by atoms with Crippen LogP contribution in [0, 0.1) is 13.8 Å². The van der Waals surface area contributed by atoms with Gasteiger partial charge in [0.25, 0.3) is 0 Å². The molecule has 0 saturated carbocycles. The zero-order valence-corrected chi connectivity index (χ0v) is 14.8. The second-order valence-corrected chi connectivity index (χ2v) is 7.00. The van der Waals surface area contributed by atoms with Gasteiger partial charge >= 0.3 is 0 Å². The topological polar surface area (TPSA) is 46.9 Å². The summed E-state index contributed by atoms with van der Waals surface area (Å²) in [7, 11) is 1.87. The summed E-state index contributed by atoms with van der Waals surface area (Å²) in [6, 6.07) is 7.69. The lowest BCUT2D eigenvalue weighted by Crippen LogP contribution is -2.23. The van der Waals surface area contributed by atoms with Crippen LogP contribution in [-0.2, 0) is 17.6 Å². The smallest absolute Gasteiger partial charge is 0.237 e. The molecule has 0 aliphatic rings. The lowest BCUT2D eigenvalue weighted by atomic mass is 10.2. The van der Waals surface area contributed by atoms with E-state index in [-0.39, 0.29) is 11.2 Å². The first-order valence-corrected chi connectivity index (χ1v) is 8.48. The Morgan fingerprint density at radius 3 is 2.55 bits per heavy atom. The highest BCUT2D eigenvalue weighted by atomic mass is 35.5. The van der Waals surface area contributed by atoms with Gasteiger partial charge < -0.3 is 5.32 Å². The molecule has 2 aromatic rings. The van der Waals surface area contributed by atoms with E-state index < -0.39 is 0 Å². The van der Waals surface area contributed by atoms with E-state index in [1.807, 2.05) is 52.1 Å². The Hall–Kier alpha value is -1.46. The highest BCUT2D eigenvalue weighted by molar-refractivity contribution is 7.99. The molecule has 0 unspecified atom stereocenters. The Balaban J connectivity index is 1.93. The molecule has 0 aliphatic heterocycles. The number of carbonyl (C=O) groups excluding carboxylic acids is 1.